The van der Waals surface area contributed by atoms with Crippen LogP contribution in [0.5, 0.6) is 0 Å². The van der Waals surface area contributed by atoms with Gasteiger partial charge in [-0.3, -0.25) is 19.2 Å². The third-order valence-electron chi connectivity index (χ3n) is 6.27. The van der Waals surface area contributed by atoms with E-state index in [9.17, 15) is 32.3 Å². The Hall–Kier alpha value is -5.11. The van der Waals surface area contributed by atoms with Crippen molar-refractivity contribution in [1.82, 2.24) is 0 Å². The number of hydrogen-bond acceptors (Lipinski definition) is 4. The van der Waals surface area contributed by atoms with Crippen LogP contribution in [0.4, 0.5) is 18.9 Å². The second-order valence-corrected chi connectivity index (χ2v) is 8.78. The molecule has 1 N–H and O–H groups in total. The lowest BCUT2D eigenvalue weighted by atomic mass is 9.81. The van der Waals surface area contributed by atoms with E-state index in [4.69, 9.17) is 0 Å². The van der Waals surface area contributed by atoms with Gasteiger partial charge in [0.05, 0.1) is 5.56 Å². The average Bonchev–Trinajstić information content (AvgIpc) is 2.94. The van der Waals surface area contributed by atoms with Crippen LogP contribution < -0.4 is 5.32 Å². The van der Waals surface area contributed by atoms with Crippen LogP contribution in [-0.4, -0.2) is 23.3 Å². The second-order valence-electron chi connectivity index (χ2n) is 8.78. The van der Waals surface area contributed by atoms with E-state index in [-0.39, 0.29) is 39.3 Å². The maximum Gasteiger partial charge on any atom is 0.416 e. The Labute approximate surface area is 220 Å². The van der Waals surface area contributed by atoms with Crippen LogP contribution in [0, 0.1) is 0 Å². The molecule has 0 spiro atoms. The Morgan fingerprint density at radius 2 is 1.36 bits per heavy atom. The van der Waals surface area contributed by atoms with E-state index in [1.807, 2.05) is 0 Å². The zero-order valence-electron chi connectivity index (χ0n) is 20.1. The minimum atomic E-state index is -4.53. The highest BCUT2D eigenvalue weighted by molar-refractivity contribution is 6.31. The fraction of sp³-hybridized carbons (Fsp3) is 0.0323. The van der Waals surface area contributed by atoms with E-state index in [2.05, 4.69) is 5.32 Å². The monoisotopic (exact) mass is 525 g/mol. The van der Waals surface area contributed by atoms with Gasteiger partial charge in [-0.15, -0.1) is 0 Å². The van der Waals surface area contributed by atoms with Crippen molar-refractivity contribution in [2.24, 2.45) is 0 Å². The third kappa shape index (κ3) is 5.04. The van der Waals surface area contributed by atoms with E-state index >= 15 is 0 Å². The summed E-state index contributed by atoms with van der Waals surface area (Å²) in [4.78, 5) is 51.6. The number of allylic oxidation sites excluding steroid dienone is 1. The topological polar surface area (TPSA) is 80.3 Å². The Morgan fingerprint density at radius 1 is 0.718 bits per heavy atom. The number of anilines is 1. The molecule has 0 aromatic heterocycles. The lowest BCUT2D eigenvalue weighted by Crippen LogP contribution is -2.23. The molecule has 39 heavy (non-hydrogen) atoms. The smallest absolute Gasteiger partial charge is 0.322 e. The number of carbonyl (C=O) groups excluding carboxylic acids is 4. The summed E-state index contributed by atoms with van der Waals surface area (Å²) in [5.41, 5.74) is 0.796. The van der Waals surface area contributed by atoms with E-state index in [1.54, 1.807) is 42.5 Å². The lowest BCUT2D eigenvalue weighted by molar-refractivity contribution is -0.137. The van der Waals surface area contributed by atoms with Crippen LogP contribution in [0.15, 0.2) is 97.1 Å². The van der Waals surface area contributed by atoms with Crippen molar-refractivity contribution in [2.75, 3.05) is 5.32 Å². The van der Waals surface area contributed by atoms with E-state index < -0.39 is 29.2 Å². The highest BCUT2D eigenvalue weighted by Crippen LogP contribution is 2.31. The Balaban J connectivity index is 1.32. The molecule has 4 aromatic carbocycles. The van der Waals surface area contributed by atoms with E-state index in [0.717, 1.165) is 12.1 Å². The molecule has 5 nitrogen and oxygen atoms in total. The van der Waals surface area contributed by atoms with Crippen molar-refractivity contribution in [3.8, 4) is 0 Å². The predicted molar refractivity (Wildman–Crippen MR) is 139 cm³/mol. The Bertz CT molecular complexity index is 1690. The molecule has 0 fully saturated rings. The minimum Gasteiger partial charge on any atom is -0.322 e. The fourth-order valence-corrected chi connectivity index (χ4v) is 4.33. The number of nitrogens with one attached hydrogen (secondary N) is 1. The molecule has 0 saturated heterocycles. The number of benzene rings is 4. The second kappa shape index (κ2) is 9.98. The number of hydrogen-bond donors (Lipinski definition) is 1. The molecule has 0 radical (unpaired) electrons. The van der Waals surface area contributed by atoms with Crippen LogP contribution in [0.1, 0.15) is 63.7 Å². The molecule has 8 heteroatoms. The number of ketones is 3. The first-order valence-corrected chi connectivity index (χ1v) is 11.8. The molecule has 4 aromatic rings. The number of rotatable bonds is 5. The van der Waals surface area contributed by atoms with Gasteiger partial charge in [-0.05, 0) is 42.0 Å². The summed E-state index contributed by atoms with van der Waals surface area (Å²) in [6, 6.07) is 21.4. The molecule has 0 saturated carbocycles. The van der Waals surface area contributed by atoms with Crippen molar-refractivity contribution in [2.45, 2.75) is 6.18 Å². The van der Waals surface area contributed by atoms with Gasteiger partial charge in [0.2, 0.25) is 0 Å². The van der Waals surface area contributed by atoms with Gasteiger partial charge in [0.15, 0.2) is 17.3 Å². The zero-order chi connectivity index (χ0) is 27.7. The molecular formula is C31H18F3NO4. The van der Waals surface area contributed by atoms with Crippen LogP contribution in [0.2, 0.25) is 0 Å². The fourth-order valence-electron chi connectivity index (χ4n) is 4.33. The Morgan fingerprint density at radius 3 is 2.05 bits per heavy atom. The van der Waals surface area contributed by atoms with Crippen molar-refractivity contribution in [1.29, 1.82) is 0 Å². The number of carbonyl (C=O) groups is 4. The normalized spacial score (nSPS) is 12.7. The van der Waals surface area contributed by atoms with Gasteiger partial charge in [-0.1, -0.05) is 66.7 Å². The first kappa shape index (κ1) is 25.5. The summed E-state index contributed by atoms with van der Waals surface area (Å²) in [7, 11) is 0. The first-order valence-electron chi connectivity index (χ1n) is 11.8. The summed E-state index contributed by atoms with van der Waals surface area (Å²) < 4.78 is 38.7. The zero-order valence-corrected chi connectivity index (χ0v) is 20.1. The highest BCUT2D eigenvalue weighted by Gasteiger charge is 2.32. The summed E-state index contributed by atoms with van der Waals surface area (Å²) in [5.74, 6) is -1.79. The molecule has 0 aliphatic heterocycles. The van der Waals surface area contributed by atoms with E-state index in [0.29, 0.717) is 11.1 Å². The first-order chi connectivity index (χ1) is 18.6. The van der Waals surface area contributed by atoms with Gasteiger partial charge < -0.3 is 5.32 Å². The maximum atomic E-state index is 13.1. The van der Waals surface area contributed by atoms with Gasteiger partial charge in [0.1, 0.15) is 0 Å². The number of amides is 1. The van der Waals surface area contributed by atoms with Crippen LogP contribution in [0.25, 0.3) is 6.08 Å². The molecule has 1 aliphatic rings. The molecule has 0 bridgehead atoms. The van der Waals surface area contributed by atoms with Crippen molar-refractivity contribution in [3.63, 3.8) is 0 Å². The molecule has 1 amide bonds. The number of halogens is 3. The average molecular weight is 525 g/mol. The van der Waals surface area contributed by atoms with Gasteiger partial charge >= 0.3 is 6.18 Å². The molecular weight excluding hydrogens is 507 g/mol. The lowest BCUT2D eigenvalue weighted by Gasteiger charge is -2.19. The van der Waals surface area contributed by atoms with Gasteiger partial charge in [0.25, 0.3) is 5.91 Å². The number of fused-ring (bicyclic) bond motifs is 2. The van der Waals surface area contributed by atoms with E-state index in [1.165, 1.54) is 48.6 Å². The third-order valence-corrected chi connectivity index (χ3v) is 6.27. The van der Waals surface area contributed by atoms with Crippen LogP contribution >= 0.6 is 0 Å². The van der Waals surface area contributed by atoms with Crippen LogP contribution in [0.3, 0.4) is 0 Å². The maximum absolute atomic E-state index is 13.1. The largest absolute Gasteiger partial charge is 0.416 e. The van der Waals surface area contributed by atoms with Gasteiger partial charge in [0, 0.05) is 39.1 Å². The summed E-state index contributed by atoms with van der Waals surface area (Å²) >= 11 is 0. The van der Waals surface area contributed by atoms with Crippen molar-refractivity contribution >= 4 is 35.0 Å². The van der Waals surface area contributed by atoms with Crippen molar-refractivity contribution < 1.29 is 32.3 Å². The van der Waals surface area contributed by atoms with Gasteiger partial charge in [-0.2, -0.15) is 13.2 Å². The van der Waals surface area contributed by atoms with Crippen molar-refractivity contribution in [3.05, 3.63) is 142 Å². The highest BCUT2D eigenvalue weighted by atomic mass is 19.4. The SMILES string of the molecule is O=C(Nc1cccc(C(F)(F)F)c1)c1ccc(/C=C/C(=O)c2cccc3c2C(=O)c2ccccc2C3=O)cc1. The molecule has 1 aliphatic carbocycles. The van der Waals surface area contributed by atoms with Crippen LogP contribution in [-0.2, 0) is 6.18 Å². The summed E-state index contributed by atoms with van der Waals surface area (Å²) in [6.07, 6.45) is -1.76. The molecule has 0 heterocycles. The standard InChI is InChI=1S/C31H18F3NO4/c32-31(33,34)20-5-3-6-21(17-20)35-30(39)19-14-11-18(12-15-19)13-16-26(36)24-9-4-10-25-27(24)29(38)23-8-2-1-7-22(23)28(25)37/h1-17H,(H,35,39)/b16-13+. The molecule has 5 rings (SSSR count). The molecule has 0 unspecified atom stereocenters. The quantitative estimate of drug-likeness (QED) is 0.206. The minimum absolute atomic E-state index is 0.00578. The molecule has 0 atom stereocenters. The summed E-state index contributed by atoms with van der Waals surface area (Å²) in [6.45, 7) is 0. The number of alkyl halides is 3. The Kier molecular flexibility index (Phi) is 6.54. The molecule has 192 valence electrons. The van der Waals surface area contributed by atoms with Gasteiger partial charge in [-0.25, -0.2) is 0 Å². The summed E-state index contributed by atoms with van der Waals surface area (Å²) in [5, 5.41) is 2.44. The predicted octanol–water partition coefficient (Wildman–Crippen LogP) is 6.63.